The third kappa shape index (κ3) is 2.92. The molecule has 0 saturated heterocycles. The number of pyridine rings is 1. The van der Waals surface area contributed by atoms with Gasteiger partial charge in [0.15, 0.2) is 5.82 Å². The summed E-state index contributed by atoms with van der Waals surface area (Å²) in [5.41, 5.74) is 2.70. The van der Waals surface area contributed by atoms with Crippen LogP contribution in [0.25, 0.3) is 21.8 Å². The van der Waals surface area contributed by atoms with Crippen molar-refractivity contribution < 1.29 is 14.7 Å². The van der Waals surface area contributed by atoms with Gasteiger partial charge < -0.3 is 20.3 Å². The normalized spacial score (nSPS) is 10.9. The number of aromatic nitrogens is 2. The Morgan fingerprint density at radius 1 is 1.11 bits per heavy atom. The number of rotatable bonds is 4. The van der Waals surface area contributed by atoms with Crippen LogP contribution in [0.3, 0.4) is 0 Å². The summed E-state index contributed by atoms with van der Waals surface area (Å²) >= 11 is 0. The maximum atomic E-state index is 12.2. The molecular weight excluding hydrogens is 356 g/mol. The number of para-hydroxylation sites is 1. The molecule has 0 unspecified atom stereocenters. The van der Waals surface area contributed by atoms with E-state index in [-0.39, 0.29) is 11.5 Å². The molecule has 0 fully saturated rings. The number of carboxylic acids is 1. The Morgan fingerprint density at radius 2 is 1.89 bits per heavy atom. The smallest absolute Gasteiger partial charge is 0.337 e. The molecule has 2 heterocycles. The van der Waals surface area contributed by atoms with E-state index < -0.39 is 5.97 Å². The SMILES string of the molecule is CN(C)C(=O)c1cccc(Nc2nc3ccccc3c3c(C(=O)O)c[nH]c23)c1. The molecule has 7 nitrogen and oxygen atoms in total. The quantitative estimate of drug-likeness (QED) is 0.504. The highest BCUT2D eigenvalue weighted by atomic mass is 16.4. The molecule has 0 saturated carbocycles. The van der Waals surface area contributed by atoms with Crippen molar-refractivity contribution in [3.8, 4) is 0 Å². The van der Waals surface area contributed by atoms with Gasteiger partial charge in [-0.3, -0.25) is 4.79 Å². The van der Waals surface area contributed by atoms with Crippen LogP contribution in [0.15, 0.2) is 54.7 Å². The van der Waals surface area contributed by atoms with E-state index in [1.807, 2.05) is 30.3 Å². The van der Waals surface area contributed by atoms with E-state index in [1.54, 1.807) is 32.3 Å². The van der Waals surface area contributed by atoms with Gasteiger partial charge in [0.25, 0.3) is 5.91 Å². The van der Waals surface area contributed by atoms with Gasteiger partial charge in [-0.05, 0) is 24.3 Å². The number of fused-ring (bicyclic) bond motifs is 3. The first kappa shape index (κ1) is 17.5. The Labute approximate surface area is 160 Å². The molecule has 28 heavy (non-hydrogen) atoms. The summed E-state index contributed by atoms with van der Waals surface area (Å²) in [6.45, 7) is 0. The molecular formula is C21H18N4O3. The zero-order valence-electron chi connectivity index (χ0n) is 15.4. The van der Waals surface area contributed by atoms with Gasteiger partial charge in [-0.1, -0.05) is 24.3 Å². The predicted octanol–water partition coefficient (Wildman–Crippen LogP) is 3.86. The van der Waals surface area contributed by atoms with Crippen LogP contribution < -0.4 is 5.32 Å². The van der Waals surface area contributed by atoms with Crippen molar-refractivity contribution in [2.45, 2.75) is 0 Å². The van der Waals surface area contributed by atoms with Crippen LogP contribution in [0.5, 0.6) is 0 Å². The average molecular weight is 374 g/mol. The van der Waals surface area contributed by atoms with Gasteiger partial charge in [-0.25, -0.2) is 9.78 Å². The number of carboxylic acid groups (broad SMARTS) is 1. The van der Waals surface area contributed by atoms with Gasteiger partial charge in [0, 0.05) is 42.3 Å². The van der Waals surface area contributed by atoms with Crippen LogP contribution in [-0.4, -0.2) is 45.9 Å². The second-order valence-corrected chi connectivity index (χ2v) is 6.64. The van der Waals surface area contributed by atoms with Crippen molar-refractivity contribution in [1.82, 2.24) is 14.9 Å². The lowest BCUT2D eigenvalue weighted by Crippen LogP contribution is -2.21. The summed E-state index contributed by atoms with van der Waals surface area (Å²) in [7, 11) is 3.40. The minimum absolute atomic E-state index is 0.103. The maximum absolute atomic E-state index is 12.2. The number of aromatic amines is 1. The van der Waals surface area contributed by atoms with Crippen molar-refractivity contribution in [3.63, 3.8) is 0 Å². The van der Waals surface area contributed by atoms with E-state index in [1.165, 1.54) is 11.1 Å². The zero-order valence-corrected chi connectivity index (χ0v) is 15.4. The van der Waals surface area contributed by atoms with Crippen molar-refractivity contribution in [2.75, 3.05) is 19.4 Å². The van der Waals surface area contributed by atoms with Gasteiger partial charge in [0.05, 0.1) is 16.6 Å². The maximum Gasteiger partial charge on any atom is 0.337 e. The monoisotopic (exact) mass is 374 g/mol. The second kappa shape index (κ2) is 6.70. The van der Waals surface area contributed by atoms with Crippen molar-refractivity contribution in [3.05, 3.63) is 65.9 Å². The number of carbonyl (C=O) groups is 2. The third-order valence-corrected chi connectivity index (χ3v) is 4.53. The second-order valence-electron chi connectivity index (χ2n) is 6.64. The summed E-state index contributed by atoms with van der Waals surface area (Å²) in [5, 5.41) is 14.1. The van der Waals surface area contributed by atoms with E-state index in [0.29, 0.717) is 33.5 Å². The Hall–Kier alpha value is -3.87. The molecule has 0 spiro atoms. The van der Waals surface area contributed by atoms with Crippen LogP contribution >= 0.6 is 0 Å². The fraction of sp³-hybridized carbons (Fsp3) is 0.0952. The van der Waals surface area contributed by atoms with Crippen LogP contribution in [-0.2, 0) is 0 Å². The van der Waals surface area contributed by atoms with Crippen molar-refractivity contribution in [1.29, 1.82) is 0 Å². The minimum atomic E-state index is -1.01. The first-order valence-electron chi connectivity index (χ1n) is 8.67. The molecule has 1 amide bonds. The topological polar surface area (TPSA) is 98.3 Å². The van der Waals surface area contributed by atoms with Gasteiger partial charge in [-0.2, -0.15) is 0 Å². The number of amides is 1. The fourth-order valence-electron chi connectivity index (χ4n) is 3.23. The summed E-state index contributed by atoms with van der Waals surface area (Å²) in [6, 6.07) is 14.5. The van der Waals surface area contributed by atoms with Crippen molar-refractivity contribution in [2.24, 2.45) is 0 Å². The number of aromatic carboxylic acids is 1. The first-order chi connectivity index (χ1) is 13.5. The molecule has 2 aromatic carbocycles. The van der Waals surface area contributed by atoms with Crippen LogP contribution in [0.1, 0.15) is 20.7 Å². The number of benzene rings is 2. The van der Waals surface area contributed by atoms with Gasteiger partial charge >= 0.3 is 5.97 Å². The third-order valence-electron chi connectivity index (χ3n) is 4.53. The molecule has 2 aromatic heterocycles. The predicted molar refractivity (Wildman–Crippen MR) is 108 cm³/mol. The molecule has 4 rings (SSSR count). The van der Waals surface area contributed by atoms with E-state index in [0.717, 1.165) is 5.39 Å². The van der Waals surface area contributed by atoms with Gasteiger partial charge in [-0.15, -0.1) is 0 Å². The summed E-state index contributed by atoms with van der Waals surface area (Å²) in [5.74, 6) is -0.615. The Balaban J connectivity index is 1.86. The van der Waals surface area contributed by atoms with Crippen LogP contribution in [0.2, 0.25) is 0 Å². The van der Waals surface area contributed by atoms with Crippen molar-refractivity contribution >= 4 is 45.2 Å². The largest absolute Gasteiger partial charge is 0.478 e. The summed E-state index contributed by atoms with van der Waals surface area (Å²) in [6.07, 6.45) is 1.47. The zero-order chi connectivity index (χ0) is 19.8. The Kier molecular flexibility index (Phi) is 4.19. The molecule has 0 bridgehead atoms. The van der Waals surface area contributed by atoms with E-state index in [9.17, 15) is 14.7 Å². The molecule has 0 atom stereocenters. The highest BCUT2D eigenvalue weighted by Gasteiger charge is 2.18. The van der Waals surface area contributed by atoms with Gasteiger partial charge in [0.2, 0.25) is 0 Å². The number of nitrogens with one attached hydrogen (secondary N) is 2. The number of nitrogens with zero attached hydrogens (tertiary/aromatic N) is 2. The molecule has 4 aromatic rings. The van der Waals surface area contributed by atoms with Crippen LogP contribution in [0, 0.1) is 0 Å². The molecule has 0 aliphatic carbocycles. The number of hydrogen-bond acceptors (Lipinski definition) is 4. The lowest BCUT2D eigenvalue weighted by molar-refractivity contribution is 0.0698. The number of carbonyl (C=O) groups excluding carboxylic acids is 1. The minimum Gasteiger partial charge on any atom is -0.478 e. The number of H-pyrrole nitrogens is 1. The van der Waals surface area contributed by atoms with E-state index >= 15 is 0 Å². The lowest BCUT2D eigenvalue weighted by Gasteiger charge is -2.13. The molecule has 0 radical (unpaired) electrons. The molecule has 140 valence electrons. The number of anilines is 2. The fourth-order valence-corrected chi connectivity index (χ4v) is 3.23. The molecule has 0 aliphatic heterocycles. The standard InChI is InChI=1S/C21H18N4O3/c1-25(2)20(26)12-6-5-7-13(10-12)23-19-18-17(15(11-22-18)21(27)28)14-8-3-4-9-16(14)24-19/h3-11,22H,1-2H3,(H,23,24)(H,27,28). The van der Waals surface area contributed by atoms with Crippen LogP contribution in [0.4, 0.5) is 11.5 Å². The highest BCUT2D eigenvalue weighted by Crippen LogP contribution is 2.33. The Bertz CT molecular complexity index is 1230. The van der Waals surface area contributed by atoms with E-state index in [4.69, 9.17) is 0 Å². The summed E-state index contributed by atoms with van der Waals surface area (Å²) < 4.78 is 0. The van der Waals surface area contributed by atoms with E-state index in [2.05, 4.69) is 15.3 Å². The molecule has 0 aliphatic rings. The summed E-state index contributed by atoms with van der Waals surface area (Å²) in [4.78, 5) is 33.1. The highest BCUT2D eigenvalue weighted by molar-refractivity contribution is 6.17. The number of hydrogen-bond donors (Lipinski definition) is 3. The van der Waals surface area contributed by atoms with Gasteiger partial charge in [0.1, 0.15) is 0 Å². The first-order valence-corrected chi connectivity index (χ1v) is 8.67. The molecule has 3 N–H and O–H groups in total. The lowest BCUT2D eigenvalue weighted by atomic mass is 10.1. The molecule has 7 heteroatoms. The average Bonchev–Trinajstić information content (AvgIpc) is 3.14. The Morgan fingerprint density at radius 3 is 2.64 bits per heavy atom.